The van der Waals surface area contributed by atoms with E-state index in [0.717, 1.165) is 39.8 Å². The van der Waals surface area contributed by atoms with E-state index in [2.05, 4.69) is 47.2 Å². The van der Waals surface area contributed by atoms with Gasteiger partial charge in [-0.1, -0.05) is 15.9 Å². The minimum atomic E-state index is 0.777. The van der Waals surface area contributed by atoms with E-state index in [0.29, 0.717) is 0 Å². The van der Waals surface area contributed by atoms with E-state index in [1.54, 1.807) is 6.20 Å². The van der Waals surface area contributed by atoms with Crippen LogP contribution in [0.4, 0.5) is 0 Å². The molecule has 2 aromatic heterocycles. The molecule has 1 aromatic carbocycles. The number of benzene rings is 1. The Labute approximate surface area is 124 Å². The summed E-state index contributed by atoms with van der Waals surface area (Å²) >= 11 is 8.85. The third kappa shape index (κ3) is 2.64. The normalized spacial score (nSPS) is 11.2. The molecular formula is C13H13BrN4S. The first kappa shape index (κ1) is 12.6. The fourth-order valence-corrected chi connectivity index (χ4v) is 2.85. The highest BCUT2D eigenvalue weighted by Gasteiger charge is 2.04. The Kier molecular flexibility index (Phi) is 3.52. The molecule has 6 heteroatoms. The van der Waals surface area contributed by atoms with Crippen molar-refractivity contribution >= 4 is 39.2 Å². The summed E-state index contributed by atoms with van der Waals surface area (Å²) in [6.07, 6.45) is 6.64. The smallest absolute Gasteiger partial charge is 0.178 e. The molecule has 0 saturated carbocycles. The highest BCUT2D eigenvalue weighted by molar-refractivity contribution is 9.10. The minimum absolute atomic E-state index is 0.777. The van der Waals surface area contributed by atoms with E-state index in [-0.39, 0.29) is 0 Å². The van der Waals surface area contributed by atoms with Gasteiger partial charge < -0.3 is 14.1 Å². The first-order chi connectivity index (χ1) is 9.24. The zero-order valence-electron chi connectivity index (χ0n) is 10.2. The topological polar surface area (TPSA) is 38.5 Å². The van der Waals surface area contributed by atoms with Crippen LogP contribution < -0.4 is 0 Å². The lowest BCUT2D eigenvalue weighted by molar-refractivity contribution is 0.568. The summed E-state index contributed by atoms with van der Waals surface area (Å²) in [6.45, 7) is 1.85. The Balaban J connectivity index is 1.80. The van der Waals surface area contributed by atoms with Crippen LogP contribution in [0.25, 0.3) is 11.0 Å². The first-order valence-electron chi connectivity index (χ1n) is 6.08. The van der Waals surface area contributed by atoms with Crippen LogP contribution in [0.3, 0.4) is 0 Å². The Hall–Kier alpha value is -1.40. The van der Waals surface area contributed by atoms with Crippen molar-refractivity contribution in [1.82, 2.24) is 19.1 Å². The molecule has 0 bridgehead atoms. The van der Waals surface area contributed by atoms with E-state index < -0.39 is 0 Å². The second kappa shape index (κ2) is 5.30. The van der Waals surface area contributed by atoms with Crippen LogP contribution in [0, 0.1) is 4.77 Å². The average molecular weight is 337 g/mol. The van der Waals surface area contributed by atoms with E-state index in [9.17, 15) is 0 Å². The highest BCUT2D eigenvalue weighted by atomic mass is 79.9. The molecule has 2 heterocycles. The van der Waals surface area contributed by atoms with Gasteiger partial charge in [-0.15, -0.1) is 0 Å². The number of aromatic nitrogens is 4. The zero-order valence-corrected chi connectivity index (χ0v) is 12.6. The van der Waals surface area contributed by atoms with Gasteiger partial charge in [-0.25, -0.2) is 4.98 Å². The Morgan fingerprint density at radius 3 is 3.00 bits per heavy atom. The van der Waals surface area contributed by atoms with Crippen LogP contribution >= 0.6 is 28.1 Å². The van der Waals surface area contributed by atoms with Crippen molar-refractivity contribution in [3.8, 4) is 0 Å². The number of fused-ring (bicyclic) bond motifs is 1. The summed E-state index contributed by atoms with van der Waals surface area (Å²) in [7, 11) is 0. The standard InChI is InChI=1S/C13H13BrN4S/c14-10-2-3-12-11(8-10)16-13(19)18(12)6-1-5-17-7-4-15-9-17/h2-4,7-9H,1,5-6H2,(H,16,19). The predicted molar refractivity (Wildman–Crippen MR) is 81.7 cm³/mol. The number of imidazole rings is 2. The quantitative estimate of drug-likeness (QED) is 0.737. The molecule has 0 fully saturated rings. The van der Waals surface area contributed by atoms with Crippen LogP contribution in [0.2, 0.25) is 0 Å². The number of halogens is 1. The maximum Gasteiger partial charge on any atom is 0.178 e. The number of rotatable bonds is 4. The van der Waals surface area contributed by atoms with Gasteiger partial charge in [0.25, 0.3) is 0 Å². The van der Waals surface area contributed by atoms with Gasteiger partial charge in [0.05, 0.1) is 17.4 Å². The third-order valence-electron chi connectivity index (χ3n) is 3.09. The maximum atomic E-state index is 5.38. The van der Waals surface area contributed by atoms with Crippen molar-refractivity contribution in [2.24, 2.45) is 0 Å². The molecule has 0 unspecified atom stereocenters. The monoisotopic (exact) mass is 336 g/mol. The van der Waals surface area contributed by atoms with Crippen molar-refractivity contribution in [2.45, 2.75) is 19.5 Å². The zero-order chi connectivity index (χ0) is 13.2. The molecule has 0 spiro atoms. The Morgan fingerprint density at radius 2 is 2.21 bits per heavy atom. The van der Waals surface area contributed by atoms with Gasteiger partial charge in [-0.05, 0) is 36.8 Å². The van der Waals surface area contributed by atoms with Crippen molar-refractivity contribution < 1.29 is 0 Å². The largest absolute Gasteiger partial charge is 0.337 e. The van der Waals surface area contributed by atoms with Crippen LogP contribution in [0.15, 0.2) is 41.4 Å². The van der Waals surface area contributed by atoms with E-state index in [4.69, 9.17) is 12.2 Å². The fraction of sp³-hybridized carbons (Fsp3) is 0.231. The lowest BCUT2D eigenvalue weighted by atomic mass is 10.3. The number of aryl methyl sites for hydroxylation is 2. The molecule has 0 atom stereocenters. The molecule has 0 radical (unpaired) electrons. The molecule has 98 valence electrons. The van der Waals surface area contributed by atoms with Gasteiger partial charge >= 0.3 is 0 Å². The van der Waals surface area contributed by atoms with E-state index in [1.165, 1.54) is 0 Å². The molecule has 4 nitrogen and oxygen atoms in total. The molecule has 0 aliphatic carbocycles. The van der Waals surface area contributed by atoms with Crippen molar-refractivity contribution in [3.63, 3.8) is 0 Å². The summed E-state index contributed by atoms with van der Waals surface area (Å²) < 4.78 is 6.06. The minimum Gasteiger partial charge on any atom is -0.337 e. The second-order valence-electron chi connectivity index (χ2n) is 4.40. The molecule has 19 heavy (non-hydrogen) atoms. The van der Waals surface area contributed by atoms with Gasteiger partial charge in [0.1, 0.15) is 0 Å². The molecule has 0 amide bonds. The number of hydrogen-bond donors (Lipinski definition) is 1. The Bertz CT molecular complexity index is 742. The average Bonchev–Trinajstić information content (AvgIpc) is 2.98. The van der Waals surface area contributed by atoms with Crippen LogP contribution in [0.5, 0.6) is 0 Å². The van der Waals surface area contributed by atoms with Crippen LogP contribution in [-0.4, -0.2) is 19.1 Å². The Morgan fingerprint density at radius 1 is 1.32 bits per heavy atom. The SMILES string of the molecule is S=c1[nH]c2cc(Br)ccc2n1CCCn1ccnc1. The number of nitrogens with one attached hydrogen (secondary N) is 1. The number of hydrogen-bond acceptors (Lipinski definition) is 2. The summed E-state index contributed by atoms with van der Waals surface area (Å²) in [5.74, 6) is 0. The maximum absolute atomic E-state index is 5.38. The predicted octanol–water partition coefficient (Wildman–Crippen LogP) is 3.75. The van der Waals surface area contributed by atoms with Gasteiger partial charge in [0.15, 0.2) is 4.77 Å². The number of nitrogens with zero attached hydrogens (tertiary/aromatic N) is 3. The van der Waals surface area contributed by atoms with Crippen molar-refractivity contribution in [1.29, 1.82) is 0 Å². The van der Waals surface area contributed by atoms with Gasteiger partial charge in [-0.3, -0.25) is 0 Å². The molecule has 0 aliphatic heterocycles. The molecule has 3 aromatic rings. The number of aromatic amines is 1. The summed E-state index contributed by atoms with van der Waals surface area (Å²) in [6, 6.07) is 6.18. The van der Waals surface area contributed by atoms with Gasteiger partial charge in [0.2, 0.25) is 0 Å². The first-order valence-corrected chi connectivity index (χ1v) is 7.28. The molecular weight excluding hydrogens is 324 g/mol. The molecule has 3 rings (SSSR count). The molecule has 0 aliphatic rings. The fourth-order valence-electron chi connectivity index (χ4n) is 2.19. The second-order valence-corrected chi connectivity index (χ2v) is 5.70. The number of H-pyrrole nitrogens is 1. The van der Waals surface area contributed by atoms with Crippen molar-refractivity contribution in [3.05, 3.63) is 46.2 Å². The van der Waals surface area contributed by atoms with E-state index in [1.807, 2.05) is 18.6 Å². The highest BCUT2D eigenvalue weighted by Crippen LogP contribution is 2.19. The van der Waals surface area contributed by atoms with Gasteiger partial charge in [-0.2, -0.15) is 0 Å². The molecule has 1 N–H and O–H groups in total. The van der Waals surface area contributed by atoms with Crippen molar-refractivity contribution in [2.75, 3.05) is 0 Å². The summed E-state index contributed by atoms with van der Waals surface area (Å²) in [4.78, 5) is 7.28. The third-order valence-corrected chi connectivity index (χ3v) is 3.91. The van der Waals surface area contributed by atoms with Gasteiger partial charge in [0, 0.05) is 30.0 Å². The van der Waals surface area contributed by atoms with E-state index >= 15 is 0 Å². The summed E-state index contributed by atoms with van der Waals surface area (Å²) in [5.41, 5.74) is 2.22. The lowest BCUT2D eigenvalue weighted by Crippen LogP contribution is -2.02. The van der Waals surface area contributed by atoms with Crippen LogP contribution in [-0.2, 0) is 13.1 Å². The lowest BCUT2D eigenvalue weighted by Gasteiger charge is -2.05. The molecule has 0 saturated heterocycles. The summed E-state index contributed by atoms with van der Waals surface area (Å²) in [5, 5.41) is 0. The van der Waals surface area contributed by atoms with Crippen LogP contribution in [0.1, 0.15) is 6.42 Å².